The number of rotatable bonds is 3. The average molecular weight is 262 g/mol. The van der Waals surface area contributed by atoms with Crippen LogP contribution in [0.5, 0.6) is 0 Å². The van der Waals surface area contributed by atoms with Crippen LogP contribution in [0.4, 0.5) is 11.4 Å². The van der Waals surface area contributed by atoms with Crippen LogP contribution >= 0.6 is 0 Å². The lowest BCUT2D eigenvalue weighted by molar-refractivity contribution is -0.384. The predicted octanol–water partition coefficient (Wildman–Crippen LogP) is 3.03. The number of benzene rings is 1. The molecular formula is C14H18N2O3. The van der Waals surface area contributed by atoms with Crippen molar-refractivity contribution < 1.29 is 9.72 Å². The minimum absolute atomic E-state index is 0.0270. The summed E-state index contributed by atoms with van der Waals surface area (Å²) in [6.07, 6.45) is 3.90. The van der Waals surface area contributed by atoms with Crippen molar-refractivity contribution in [3.8, 4) is 0 Å². The van der Waals surface area contributed by atoms with E-state index in [0.29, 0.717) is 23.5 Å². The van der Waals surface area contributed by atoms with Gasteiger partial charge in [-0.05, 0) is 37.3 Å². The Morgan fingerprint density at radius 3 is 2.84 bits per heavy atom. The summed E-state index contributed by atoms with van der Waals surface area (Å²) in [4.78, 5) is 23.5. The summed E-state index contributed by atoms with van der Waals surface area (Å²) in [7, 11) is 0. The van der Waals surface area contributed by atoms with Crippen molar-refractivity contribution in [2.75, 3.05) is 18.0 Å². The summed E-state index contributed by atoms with van der Waals surface area (Å²) in [5.41, 5.74) is 1.00. The van der Waals surface area contributed by atoms with E-state index in [1.165, 1.54) is 6.07 Å². The van der Waals surface area contributed by atoms with Crippen LogP contribution in [-0.2, 0) is 0 Å². The van der Waals surface area contributed by atoms with Gasteiger partial charge < -0.3 is 4.90 Å². The van der Waals surface area contributed by atoms with Crippen LogP contribution < -0.4 is 4.90 Å². The number of carbonyl (C=O) groups is 1. The van der Waals surface area contributed by atoms with E-state index in [-0.39, 0.29) is 5.69 Å². The first-order valence-corrected chi connectivity index (χ1v) is 6.60. The number of anilines is 1. The van der Waals surface area contributed by atoms with Gasteiger partial charge in [0.15, 0.2) is 0 Å². The lowest BCUT2D eigenvalue weighted by atomic mass is 10.0. The van der Waals surface area contributed by atoms with Crippen molar-refractivity contribution >= 4 is 17.7 Å². The Balaban J connectivity index is 2.32. The van der Waals surface area contributed by atoms with Crippen LogP contribution in [0.1, 0.15) is 36.5 Å². The molecule has 1 aliphatic rings. The second kappa shape index (κ2) is 5.82. The van der Waals surface area contributed by atoms with Gasteiger partial charge in [-0.1, -0.05) is 6.92 Å². The molecule has 0 aromatic heterocycles. The van der Waals surface area contributed by atoms with Crippen molar-refractivity contribution in [2.45, 2.75) is 26.2 Å². The van der Waals surface area contributed by atoms with Gasteiger partial charge in [-0.2, -0.15) is 0 Å². The monoisotopic (exact) mass is 262 g/mol. The van der Waals surface area contributed by atoms with Crippen LogP contribution in [0.2, 0.25) is 0 Å². The molecule has 0 saturated carbocycles. The lowest BCUT2D eigenvalue weighted by Crippen LogP contribution is -2.25. The third-order valence-corrected chi connectivity index (χ3v) is 3.69. The summed E-state index contributed by atoms with van der Waals surface area (Å²) < 4.78 is 0. The molecule has 1 unspecified atom stereocenters. The first-order valence-electron chi connectivity index (χ1n) is 6.60. The van der Waals surface area contributed by atoms with Crippen molar-refractivity contribution in [2.24, 2.45) is 5.92 Å². The highest BCUT2D eigenvalue weighted by Gasteiger charge is 2.22. The molecule has 5 nitrogen and oxygen atoms in total. The van der Waals surface area contributed by atoms with Gasteiger partial charge in [0.1, 0.15) is 12.0 Å². The molecule has 0 N–H and O–H groups in total. The van der Waals surface area contributed by atoms with Gasteiger partial charge in [-0.25, -0.2) is 0 Å². The normalized spacial score (nSPS) is 19.8. The molecule has 1 fully saturated rings. The van der Waals surface area contributed by atoms with Crippen LogP contribution in [0.3, 0.4) is 0 Å². The van der Waals surface area contributed by atoms with Crippen molar-refractivity contribution in [1.82, 2.24) is 0 Å². The van der Waals surface area contributed by atoms with Crippen molar-refractivity contribution in [3.63, 3.8) is 0 Å². The third-order valence-electron chi connectivity index (χ3n) is 3.69. The molecule has 0 amide bonds. The van der Waals surface area contributed by atoms with Crippen LogP contribution in [-0.4, -0.2) is 24.3 Å². The van der Waals surface area contributed by atoms with Gasteiger partial charge in [0, 0.05) is 24.7 Å². The largest absolute Gasteiger partial charge is 0.366 e. The molecule has 102 valence electrons. The number of nitro groups is 1. The van der Waals surface area contributed by atoms with E-state index in [1.807, 2.05) is 0 Å². The Kier molecular flexibility index (Phi) is 4.14. The quantitative estimate of drug-likeness (QED) is 0.477. The molecule has 2 rings (SSSR count). The van der Waals surface area contributed by atoms with E-state index in [2.05, 4.69) is 11.8 Å². The zero-order valence-corrected chi connectivity index (χ0v) is 11.0. The maximum Gasteiger partial charge on any atom is 0.293 e. The number of carbonyl (C=O) groups excluding carboxylic acids is 1. The molecule has 1 heterocycles. The summed E-state index contributed by atoms with van der Waals surface area (Å²) in [6, 6.07) is 4.69. The van der Waals surface area contributed by atoms with E-state index in [0.717, 1.165) is 32.4 Å². The number of nitro benzene ring substituents is 1. The minimum Gasteiger partial charge on any atom is -0.366 e. The van der Waals surface area contributed by atoms with Crippen LogP contribution in [0, 0.1) is 16.0 Å². The van der Waals surface area contributed by atoms with Crippen molar-refractivity contribution in [1.29, 1.82) is 0 Å². The fourth-order valence-electron chi connectivity index (χ4n) is 2.53. The molecule has 0 spiro atoms. The predicted molar refractivity (Wildman–Crippen MR) is 73.7 cm³/mol. The van der Waals surface area contributed by atoms with E-state index >= 15 is 0 Å². The average Bonchev–Trinajstić information content (AvgIpc) is 2.62. The smallest absolute Gasteiger partial charge is 0.293 e. The first kappa shape index (κ1) is 13.5. The van der Waals surface area contributed by atoms with Crippen LogP contribution in [0.15, 0.2) is 18.2 Å². The molecule has 1 aromatic rings. The second-order valence-electron chi connectivity index (χ2n) is 5.15. The minimum atomic E-state index is -0.406. The molecular weight excluding hydrogens is 244 g/mol. The molecule has 1 aliphatic heterocycles. The summed E-state index contributed by atoms with van der Waals surface area (Å²) in [5.74, 6) is 0.665. The van der Waals surface area contributed by atoms with Gasteiger partial charge in [0.05, 0.1) is 4.92 Å². The second-order valence-corrected chi connectivity index (χ2v) is 5.15. The SMILES string of the molecule is CC1CCCN(c2ccc(C=O)cc2[N+](=O)[O-])CC1. The highest BCUT2D eigenvalue weighted by Crippen LogP contribution is 2.31. The first-order chi connectivity index (χ1) is 9.11. The van der Waals surface area contributed by atoms with Gasteiger partial charge in [-0.15, -0.1) is 0 Å². The maximum atomic E-state index is 11.1. The molecule has 0 radical (unpaired) electrons. The molecule has 1 aromatic carbocycles. The zero-order chi connectivity index (χ0) is 13.8. The third kappa shape index (κ3) is 3.10. The number of hydrogen-bond acceptors (Lipinski definition) is 4. The number of aldehydes is 1. The number of hydrogen-bond donors (Lipinski definition) is 0. The fraction of sp³-hybridized carbons (Fsp3) is 0.500. The Morgan fingerprint density at radius 2 is 2.16 bits per heavy atom. The Morgan fingerprint density at radius 1 is 1.37 bits per heavy atom. The van der Waals surface area contributed by atoms with Crippen LogP contribution in [0.25, 0.3) is 0 Å². The molecule has 0 bridgehead atoms. The van der Waals surface area contributed by atoms with E-state index in [1.54, 1.807) is 12.1 Å². The molecule has 5 heteroatoms. The summed E-state index contributed by atoms with van der Waals surface area (Å²) in [6.45, 7) is 3.89. The highest BCUT2D eigenvalue weighted by atomic mass is 16.6. The highest BCUT2D eigenvalue weighted by molar-refractivity contribution is 5.79. The van der Waals surface area contributed by atoms with Crippen molar-refractivity contribution in [3.05, 3.63) is 33.9 Å². The molecule has 1 atom stereocenters. The van der Waals surface area contributed by atoms with E-state index in [4.69, 9.17) is 0 Å². The fourth-order valence-corrected chi connectivity index (χ4v) is 2.53. The maximum absolute atomic E-state index is 11.1. The molecule has 1 saturated heterocycles. The van der Waals surface area contributed by atoms with Gasteiger partial charge >= 0.3 is 0 Å². The molecule has 19 heavy (non-hydrogen) atoms. The topological polar surface area (TPSA) is 63.5 Å². The Labute approximate surface area is 112 Å². The molecule has 0 aliphatic carbocycles. The zero-order valence-electron chi connectivity index (χ0n) is 11.0. The Bertz CT molecular complexity index is 488. The van der Waals surface area contributed by atoms with Gasteiger partial charge in [0.25, 0.3) is 5.69 Å². The summed E-state index contributed by atoms with van der Waals surface area (Å²) >= 11 is 0. The Hall–Kier alpha value is -1.91. The summed E-state index contributed by atoms with van der Waals surface area (Å²) in [5, 5.41) is 11.1. The number of nitrogens with zero attached hydrogens (tertiary/aromatic N) is 2. The van der Waals surface area contributed by atoms with E-state index in [9.17, 15) is 14.9 Å². The van der Waals surface area contributed by atoms with Gasteiger partial charge in [-0.3, -0.25) is 14.9 Å². The standard InChI is InChI=1S/C14H18N2O3/c1-11-3-2-7-15(8-6-11)13-5-4-12(10-17)9-14(13)16(18)19/h4-5,9-11H,2-3,6-8H2,1H3. The lowest BCUT2D eigenvalue weighted by Gasteiger charge is -2.22. The van der Waals surface area contributed by atoms with E-state index < -0.39 is 4.92 Å². The van der Waals surface area contributed by atoms with Gasteiger partial charge in [0.2, 0.25) is 0 Å².